The minimum absolute atomic E-state index is 0.0991. The van der Waals surface area contributed by atoms with E-state index in [2.05, 4.69) is 32.7 Å². The molecule has 1 heterocycles. The molecule has 2 rings (SSSR count). The van der Waals surface area contributed by atoms with Crippen molar-refractivity contribution in [3.05, 3.63) is 56.2 Å². The molecule has 4 heteroatoms. The summed E-state index contributed by atoms with van der Waals surface area (Å²) in [6.07, 6.45) is 0. The lowest BCUT2D eigenvalue weighted by molar-refractivity contribution is 0.280. The topological polar surface area (TPSA) is 32.3 Å². The van der Waals surface area contributed by atoms with Crippen LogP contribution in [0.4, 0.5) is 0 Å². The van der Waals surface area contributed by atoms with Crippen molar-refractivity contribution in [1.29, 1.82) is 0 Å². The van der Waals surface area contributed by atoms with Crippen LogP contribution < -0.4 is 5.32 Å². The molecule has 0 bridgehead atoms. The van der Waals surface area contributed by atoms with Crippen LogP contribution in [0.3, 0.4) is 0 Å². The summed E-state index contributed by atoms with van der Waals surface area (Å²) >= 11 is 5.14. The van der Waals surface area contributed by atoms with Gasteiger partial charge in [-0.05, 0) is 44.1 Å². The highest BCUT2D eigenvalue weighted by Gasteiger charge is 2.01. The zero-order chi connectivity index (χ0) is 12.1. The van der Waals surface area contributed by atoms with Gasteiger partial charge in [0.2, 0.25) is 0 Å². The Labute approximate surface area is 113 Å². The van der Waals surface area contributed by atoms with Crippen LogP contribution in [-0.2, 0) is 19.7 Å². The summed E-state index contributed by atoms with van der Waals surface area (Å²) in [7, 11) is 0. The van der Waals surface area contributed by atoms with Crippen LogP contribution in [0.5, 0.6) is 0 Å². The van der Waals surface area contributed by atoms with Gasteiger partial charge in [-0.2, -0.15) is 0 Å². The Morgan fingerprint density at radius 3 is 2.59 bits per heavy atom. The predicted molar refractivity (Wildman–Crippen MR) is 74.9 cm³/mol. The molecule has 0 aliphatic rings. The molecule has 90 valence electrons. The summed E-state index contributed by atoms with van der Waals surface area (Å²) in [5.41, 5.74) is 3.43. The molecular formula is C13H14BrNOS. The molecule has 0 unspecified atom stereocenters. The molecule has 0 atom stereocenters. The molecule has 1 aromatic carbocycles. The Bertz CT molecular complexity index is 484. The second-order valence-electron chi connectivity index (χ2n) is 3.79. The van der Waals surface area contributed by atoms with Crippen molar-refractivity contribution in [2.45, 2.75) is 19.7 Å². The van der Waals surface area contributed by atoms with Gasteiger partial charge in [-0.15, -0.1) is 11.3 Å². The quantitative estimate of drug-likeness (QED) is 0.888. The third-order valence-electron chi connectivity index (χ3n) is 2.56. The van der Waals surface area contributed by atoms with Gasteiger partial charge in [-0.3, -0.25) is 0 Å². The number of thiophene rings is 1. The molecule has 0 aliphatic carbocycles. The molecule has 17 heavy (non-hydrogen) atoms. The molecule has 0 radical (unpaired) electrons. The first kappa shape index (κ1) is 12.8. The van der Waals surface area contributed by atoms with E-state index in [-0.39, 0.29) is 6.61 Å². The molecule has 0 spiro atoms. The van der Waals surface area contributed by atoms with Crippen molar-refractivity contribution in [2.75, 3.05) is 0 Å². The largest absolute Gasteiger partial charge is 0.392 e. The molecule has 0 amide bonds. The monoisotopic (exact) mass is 311 g/mol. The van der Waals surface area contributed by atoms with Crippen LogP contribution >= 0.6 is 27.3 Å². The van der Waals surface area contributed by atoms with E-state index in [1.807, 2.05) is 24.3 Å². The van der Waals surface area contributed by atoms with E-state index < -0.39 is 0 Å². The molecule has 0 saturated heterocycles. The molecule has 0 saturated carbocycles. The van der Waals surface area contributed by atoms with Gasteiger partial charge in [0, 0.05) is 13.1 Å². The fourth-order valence-electron chi connectivity index (χ4n) is 1.66. The number of nitrogens with one attached hydrogen (secondary N) is 1. The lowest BCUT2D eigenvalue weighted by atomic mass is 10.1. The average Bonchev–Trinajstić information content (AvgIpc) is 2.76. The molecule has 2 N–H and O–H groups in total. The summed E-state index contributed by atoms with van der Waals surface area (Å²) < 4.78 is 1.16. The van der Waals surface area contributed by atoms with Crippen molar-refractivity contribution in [3.8, 4) is 0 Å². The van der Waals surface area contributed by atoms with Gasteiger partial charge in [0.15, 0.2) is 0 Å². The molecule has 0 fully saturated rings. The second-order valence-corrected chi connectivity index (χ2v) is 6.08. The summed E-state index contributed by atoms with van der Waals surface area (Å²) in [4.78, 5) is 0. The Kier molecular flexibility index (Phi) is 4.74. The Morgan fingerprint density at radius 2 is 1.94 bits per heavy atom. The van der Waals surface area contributed by atoms with Crippen molar-refractivity contribution in [3.63, 3.8) is 0 Å². The summed E-state index contributed by atoms with van der Waals surface area (Å²) in [6, 6.07) is 10.1. The number of halogens is 1. The average molecular weight is 312 g/mol. The van der Waals surface area contributed by atoms with Crippen LogP contribution in [0.1, 0.15) is 16.7 Å². The van der Waals surface area contributed by atoms with E-state index in [1.54, 1.807) is 11.3 Å². The number of hydrogen-bond acceptors (Lipinski definition) is 3. The highest BCUT2D eigenvalue weighted by molar-refractivity contribution is 9.11. The molecule has 1 aromatic heterocycles. The number of rotatable bonds is 5. The van der Waals surface area contributed by atoms with E-state index in [0.29, 0.717) is 0 Å². The maximum Gasteiger partial charge on any atom is 0.0701 e. The van der Waals surface area contributed by atoms with E-state index in [1.165, 1.54) is 5.56 Å². The minimum atomic E-state index is 0.0991. The molecule has 2 aromatic rings. The lowest BCUT2D eigenvalue weighted by Crippen LogP contribution is -2.13. The van der Waals surface area contributed by atoms with Crippen LogP contribution in [0.2, 0.25) is 0 Å². The van der Waals surface area contributed by atoms with E-state index >= 15 is 0 Å². The van der Waals surface area contributed by atoms with Gasteiger partial charge in [0.05, 0.1) is 10.4 Å². The highest BCUT2D eigenvalue weighted by atomic mass is 79.9. The van der Waals surface area contributed by atoms with Crippen molar-refractivity contribution < 1.29 is 5.11 Å². The van der Waals surface area contributed by atoms with Gasteiger partial charge in [-0.25, -0.2) is 0 Å². The summed E-state index contributed by atoms with van der Waals surface area (Å²) in [6.45, 7) is 1.73. The first-order valence-electron chi connectivity index (χ1n) is 5.41. The van der Waals surface area contributed by atoms with Crippen LogP contribution in [-0.4, -0.2) is 5.11 Å². The summed E-state index contributed by atoms with van der Waals surface area (Å²) in [5, 5.41) is 14.7. The van der Waals surface area contributed by atoms with Gasteiger partial charge in [0.1, 0.15) is 0 Å². The normalized spacial score (nSPS) is 10.7. The molecule has 2 nitrogen and oxygen atoms in total. The fraction of sp³-hybridized carbons (Fsp3) is 0.231. The Hall–Kier alpha value is -0.680. The number of aliphatic hydroxyl groups excluding tert-OH is 1. The second kappa shape index (κ2) is 6.31. The van der Waals surface area contributed by atoms with E-state index in [9.17, 15) is 5.11 Å². The highest BCUT2D eigenvalue weighted by Crippen LogP contribution is 2.20. The Balaban J connectivity index is 1.89. The van der Waals surface area contributed by atoms with E-state index in [4.69, 9.17) is 0 Å². The smallest absolute Gasteiger partial charge is 0.0701 e. The first-order chi connectivity index (χ1) is 8.29. The standard InChI is InChI=1S/C13H14BrNOS/c14-13-5-10(9-17-13)6-15-7-11-3-1-2-4-12(11)8-16/h1-5,9,15-16H,6-8H2. The Morgan fingerprint density at radius 1 is 1.18 bits per heavy atom. The third kappa shape index (κ3) is 3.64. The number of benzene rings is 1. The van der Waals surface area contributed by atoms with Gasteiger partial charge in [-0.1, -0.05) is 24.3 Å². The zero-order valence-corrected chi connectivity index (χ0v) is 11.7. The van der Waals surface area contributed by atoms with Crippen LogP contribution in [0.15, 0.2) is 39.5 Å². The molecular weight excluding hydrogens is 298 g/mol. The van der Waals surface area contributed by atoms with Gasteiger partial charge >= 0.3 is 0 Å². The van der Waals surface area contributed by atoms with E-state index in [0.717, 1.165) is 28.0 Å². The minimum Gasteiger partial charge on any atom is -0.392 e. The van der Waals surface area contributed by atoms with Crippen molar-refractivity contribution >= 4 is 27.3 Å². The number of hydrogen-bond donors (Lipinski definition) is 2. The van der Waals surface area contributed by atoms with Gasteiger partial charge < -0.3 is 10.4 Å². The SMILES string of the molecule is OCc1ccccc1CNCc1csc(Br)c1. The lowest BCUT2D eigenvalue weighted by Gasteiger charge is -2.07. The van der Waals surface area contributed by atoms with Crippen molar-refractivity contribution in [2.24, 2.45) is 0 Å². The third-order valence-corrected chi connectivity index (χ3v) is 4.11. The number of aliphatic hydroxyl groups is 1. The zero-order valence-electron chi connectivity index (χ0n) is 9.32. The molecule has 0 aliphatic heterocycles. The van der Waals surface area contributed by atoms with Crippen molar-refractivity contribution in [1.82, 2.24) is 5.32 Å². The summed E-state index contributed by atoms with van der Waals surface area (Å²) in [5.74, 6) is 0. The van der Waals surface area contributed by atoms with Gasteiger partial charge in [0.25, 0.3) is 0 Å². The maximum absolute atomic E-state index is 9.21. The van der Waals surface area contributed by atoms with Crippen LogP contribution in [0.25, 0.3) is 0 Å². The van der Waals surface area contributed by atoms with Crippen LogP contribution in [0, 0.1) is 0 Å². The predicted octanol–water partition coefficient (Wildman–Crippen LogP) is 3.29. The first-order valence-corrected chi connectivity index (χ1v) is 7.08. The fourth-order valence-corrected chi connectivity index (χ4v) is 2.87. The maximum atomic E-state index is 9.21.